The average Bonchev–Trinajstić information content (AvgIpc) is 2.34. The molecular formula is C12H8F2N2O2. The Morgan fingerprint density at radius 1 is 1.22 bits per heavy atom. The lowest BCUT2D eigenvalue weighted by Gasteiger charge is -2.08. The molecule has 0 saturated heterocycles. The first-order valence-electron chi connectivity index (χ1n) is 4.98. The number of para-hydroxylation sites is 1. The van der Waals surface area contributed by atoms with Gasteiger partial charge in [-0.2, -0.15) is 0 Å². The van der Waals surface area contributed by atoms with Crippen LogP contribution in [0.5, 0.6) is 0 Å². The number of benzene rings is 1. The highest BCUT2D eigenvalue weighted by Crippen LogP contribution is 2.23. The number of aromatic carboxylic acids is 1. The van der Waals surface area contributed by atoms with Gasteiger partial charge in [0.15, 0.2) is 0 Å². The minimum atomic E-state index is -1.22. The number of carboxylic acid groups (broad SMARTS) is 1. The van der Waals surface area contributed by atoms with Crippen molar-refractivity contribution in [3.8, 4) is 0 Å². The third kappa shape index (κ3) is 2.42. The summed E-state index contributed by atoms with van der Waals surface area (Å²) in [5, 5.41) is 11.2. The Hall–Kier alpha value is -2.50. The molecule has 0 radical (unpaired) electrons. The molecule has 0 amide bonds. The van der Waals surface area contributed by atoms with Crippen molar-refractivity contribution in [3.05, 3.63) is 53.9 Å². The monoisotopic (exact) mass is 250 g/mol. The number of halogens is 2. The van der Waals surface area contributed by atoms with Gasteiger partial charge in [0.1, 0.15) is 23.0 Å². The summed E-state index contributed by atoms with van der Waals surface area (Å²) in [7, 11) is 0. The Morgan fingerprint density at radius 3 is 2.50 bits per heavy atom. The van der Waals surface area contributed by atoms with Crippen molar-refractivity contribution in [2.24, 2.45) is 0 Å². The molecule has 0 unspecified atom stereocenters. The second kappa shape index (κ2) is 4.79. The standard InChI is InChI=1S/C12H8F2N2O2/c13-8-2-1-3-9(14)11(8)16-7-4-5-15-10(6-7)12(17)18/h1-6H,(H,15,16)(H,17,18). The SMILES string of the molecule is O=C(O)c1cc(Nc2c(F)cccc2F)ccn1. The van der Waals surface area contributed by atoms with E-state index in [0.717, 1.165) is 12.1 Å². The number of carboxylic acids is 1. The normalized spacial score (nSPS) is 10.1. The van der Waals surface area contributed by atoms with Gasteiger partial charge in [0.05, 0.1) is 0 Å². The van der Waals surface area contributed by atoms with Crippen LogP contribution >= 0.6 is 0 Å². The van der Waals surface area contributed by atoms with E-state index in [1.54, 1.807) is 0 Å². The Labute approximate surface area is 101 Å². The molecule has 4 nitrogen and oxygen atoms in total. The van der Waals surface area contributed by atoms with Gasteiger partial charge in [-0.1, -0.05) is 6.07 Å². The van der Waals surface area contributed by atoms with Crippen molar-refractivity contribution in [2.45, 2.75) is 0 Å². The zero-order chi connectivity index (χ0) is 13.1. The first kappa shape index (κ1) is 12.0. The smallest absolute Gasteiger partial charge is 0.354 e. The van der Waals surface area contributed by atoms with E-state index in [1.165, 1.54) is 24.4 Å². The second-order valence-electron chi connectivity index (χ2n) is 3.46. The zero-order valence-electron chi connectivity index (χ0n) is 9.02. The molecule has 92 valence electrons. The average molecular weight is 250 g/mol. The first-order valence-corrected chi connectivity index (χ1v) is 4.98. The van der Waals surface area contributed by atoms with Crippen LogP contribution in [0, 0.1) is 11.6 Å². The number of hydrogen-bond donors (Lipinski definition) is 2. The highest BCUT2D eigenvalue weighted by Gasteiger charge is 2.10. The maximum Gasteiger partial charge on any atom is 0.354 e. The fourth-order valence-electron chi connectivity index (χ4n) is 1.39. The summed E-state index contributed by atoms with van der Waals surface area (Å²) in [6.07, 6.45) is 1.24. The minimum absolute atomic E-state index is 0.211. The van der Waals surface area contributed by atoms with Gasteiger partial charge in [0.25, 0.3) is 0 Å². The van der Waals surface area contributed by atoms with Crippen molar-refractivity contribution in [1.29, 1.82) is 0 Å². The Bertz CT molecular complexity index is 582. The molecule has 1 aromatic heterocycles. The number of pyridine rings is 1. The number of nitrogens with zero attached hydrogens (tertiary/aromatic N) is 1. The number of carbonyl (C=O) groups is 1. The maximum atomic E-state index is 13.4. The molecule has 0 aliphatic carbocycles. The molecule has 0 atom stereocenters. The maximum absolute atomic E-state index is 13.4. The summed E-state index contributed by atoms with van der Waals surface area (Å²) < 4.78 is 26.7. The van der Waals surface area contributed by atoms with Crippen LogP contribution in [0.3, 0.4) is 0 Å². The van der Waals surface area contributed by atoms with Crippen LogP contribution in [-0.4, -0.2) is 16.1 Å². The van der Waals surface area contributed by atoms with E-state index in [1.807, 2.05) is 0 Å². The van der Waals surface area contributed by atoms with E-state index in [4.69, 9.17) is 5.11 Å². The Kier molecular flexibility index (Phi) is 3.18. The van der Waals surface area contributed by atoms with Gasteiger partial charge in [-0.25, -0.2) is 18.6 Å². The van der Waals surface area contributed by atoms with E-state index in [0.29, 0.717) is 0 Å². The van der Waals surface area contributed by atoms with Crippen LogP contribution in [0.15, 0.2) is 36.5 Å². The van der Waals surface area contributed by atoms with Gasteiger partial charge in [-0.05, 0) is 24.3 Å². The van der Waals surface area contributed by atoms with Gasteiger partial charge in [0, 0.05) is 11.9 Å². The molecule has 2 aromatic rings. The van der Waals surface area contributed by atoms with Gasteiger partial charge in [-0.3, -0.25) is 0 Å². The molecule has 1 aromatic carbocycles. The molecule has 1 heterocycles. The van der Waals surface area contributed by atoms with E-state index in [-0.39, 0.29) is 17.1 Å². The third-order valence-electron chi connectivity index (χ3n) is 2.21. The zero-order valence-corrected chi connectivity index (χ0v) is 9.02. The third-order valence-corrected chi connectivity index (χ3v) is 2.21. The predicted octanol–water partition coefficient (Wildman–Crippen LogP) is 2.80. The summed E-state index contributed by atoms with van der Waals surface area (Å²) >= 11 is 0. The van der Waals surface area contributed by atoms with Gasteiger partial charge >= 0.3 is 5.97 Å². The molecule has 0 saturated carbocycles. The molecule has 2 rings (SSSR count). The van der Waals surface area contributed by atoms with Gasteiger partial charge in [0.2, 0.25) is 0 Å². The van der Waals surface area contributed by atoms with Crippen molar-refractivity contribution in [1.82, 2.24) is 4.98 Å². The summed E-state index contributed by atoms with van der Waals surface area (Å²) in [6.45, 7) is 0. The van der Waals surface area contributed by atoms with Crippen LogP contribution < -0.4 is 5.32 Å². The summed E-state index contributed by atoms with van der Waals surface area (Å²) in [5.74, 6) is -2.74. The highest BCUT2D eigenvalue weighted by atomic mass is 19.1. The highest BCUT2D eigenvalue weighted by molar-refractivity contribution is 5.86. The molecule has 0 aliphatic heterocycles. The summed E-state index contributed by atoms with van der Waals surface area (Å²) in [5.41, 5.74) is -0.303. The van der Waals surface area contributed by atoms with Crippen molar-refractivity contribution in [2.75, 3.05) is 5.32 Å². The summed E-state index contributed by atoms with van der Waals surface area (Å²) in [6, 6.07) is 6.05. The van der Waals surface area contributed by atoms with E-state index in [9.17, 15) is 13.6 Å². The van der Waals surface area contributed by atoms with Crippen LogP contribution in [0.4, 0.5) is 20.2 Å². The lowest BCUT2D eigenvalue weighted by atomic mass is 10.2. The number of hydrogen-bond acceptors (Lipinski definition) is 3. The molecule has 18 heavy (non-hydrogen) atoms. The largest absolute Gasteiger partial charge is 0.477 e. The molecule has 2 N–H and O–H groups in total. The van der Waals surface area contributed by atoms with Crippen LogP contribution in [0.2, 0.25) is 0 Å². The van der Waals surface area contributed by atoms with E-state index in [2.05, 4.69) is 10.3 Å². The quantitative estimate of drug-likeness (QED) is 0.879. The molecule has 0 spiro atoms. The van der Waals surface area contributed by atoms with Crippen LogP contribution in [-0.2, 0) is 0 Å². The topological polar surface area (TPSA) is 62.2 Å². The minimum Gasteiger partial charge on any atom is -0.477 e. The number of aromatic nitrogens is 1. The molecule has 0 fully saturated rings. The Morgan fingerprint density at radius 2 is 1.89 bits per heavy atom. The fraction of sp³-hybridized carbons (Fsp3) is 0. The predicted molar refractivity (Wildman–Crippen MR) is 60.8 cm³/mol. The number of anilines is 2. The van der Waals surface area contributed by atoms with Crippen molar-refractivity contribution < 1.29 is 18.7 Å². The van der Waals surface area contributed by atoms with Crippen LogP contribution in [0.25, 0.3) is 0 Å². The first-order chi connectivity index (χ1) is 8.58. The number of nitrogens with one attached hydrogen (secondary N) is 1. The fourth-order valence-corrected chi connectivity index (χ4v) is 1.39. The lowest BCUT2D eigenvalue weighted by molar-refractivity contribution is 0.0690. The molecule has 6 heteroatoms. The van der Waals surface area contributed by atoms with Gasteiger partial charge in [-0.15, -0.1) is 0 Å². The second-order valence-corrected chi connectivity index (χ2v) is 3.46. The molecular weight excluding hydrogens is 242 g/mol. The van der Waals surface area contributed by atoms with Gasteiger partial charge < -0.3 is 10.4 Å². The van der Waals surface area contributed by atoms with Crippen molar-refractivity contribution >= 4 is 17.3 Å². The molecule has 0 bridgehead atoms. The molecule has 0 aliphatic rings. The van der Waals surface area contributed by atoms with Crippen molar-refractivity contribution in [3.63, 3.8) is 0 Å². The summed E-state index contributed by atoms with van der Waals surface area (Å²) in [4.78, 5) is 14.3. The van der Waals surface area contributed by atoms with E-state index < -0.39 is 17.6 Å². The van der Waals surface area contributed by atoms with Crippen LogP contribution in [0.1, 0.15) is 10.5 Å². The Balaban J connectivity index is 2.34. The lowest BCUT2D eigenvalue weighted by Crippen LogP contribution is -2.02. The number of rotatable bonds is 3. The van der Waals surface area contributed by atoms with E-state index >= 15 is 0 Å².